The van der Waals surface area contributed by atoms with Gasteiger partial charge in [-0.2, -0.15) is 0 Å². The largest absolute Gasteiger partial charge is 0.455 e. The maximum Gasteiger partial charge on any atom is 0.291 e. The second-order valence-electron chi connectivity index (χ2n) is 5.94. The molecule has 2 aromatic carbocycles. The number of fused-ring (bicyclic) bond motifs is 1. The Morgan fingerprint density at radius 2 is 2.00 bits per heavy atom. The highest BCUT2D eigenvalue weighted by molar-refractivity contribution is 7.98. The van der Waals surface area contributed by atoms with E-state index in [4.69, 9.17) is 8.83 Å². The summed E-state index contributed by atoms with van der Waals surface area (Å²) in [5.41, 5.74) is 2.76. The van der Waals surface area contributed by atoms with Gasteiger partial charge in [-0.3, -0.25) is 4.79 Å². The Morgan fingerprint density at radius 1 is 1.15 bits per heavy atom. The molecule has 27 heavy (non-hydrogen) atoms. The van der Waals surface area contributed by atoms with Crippen LogP contribution in [-0.2, 0) is 5.75 Å². The summed E-state index contributed by atoms with van der Waals surface area (Å²) in [6.07, 6.45) is 0. The number of rotatable bonds is 5. The molecule has 0 saturated carbocycles. The second kappa shape index (κ2) is 7.28. The number of furan rings is 1. The molecule has 4 rings (SSSR count). The van der Waals surface area contributed by atoms with Crippen LogP contribution in [0.25, 0.3) is 11.1 Å². The number of aromatic nitrogens is 1. The average molecular weight is 382 g/mol. The van der Waals surface area contributed by atoms with Crippen molar-refractivity contribution in [3.05, 3.63) is 77.5 Å². The highest BCUT2D eigenvalue weighted by Gasteiger charge is 2.14. The van der Waals surface area contributed by atoms with Crippen molar-refractivity contribution in [3.63, 3.8) is 0 Å². The van der Waals surface area contributed by atoms with Gasteiger partial charge in [-0.25, -0.2) is 9.37 Å². The number of nitrogens with zero attached hydrogens (tertiary/aromatic N) is 1. The number of carbonyl (C=O) groups excluding carboxylic acids is 1. The number of hydrogen-bond donors (Lipinski definition) is 1. The lowest BCUT2D eigenvalue weighted by Gasteiger charge is -2.03. The molecule has 4 aromatic rings. The Bertz CT molecular complexity index is 1120. The zero-order chi connectivity index (χ0) is 18.8. The molecule has 0 spiro atoms. The predicted octanol–water partition coefficient (Wildman–Crippen LogP) is 5.41. The van der Waals surface area contributed by atoms with E-state index in [1.807, 2.05) is 25.1 Å². The summed E-state index contributed by atoms with van der Waals surface area (Å²) < 4.78 is 24.9. The standard InChI is InChI=1S/C20H15FN2O3S/c1-12-6-8-17-16(10-12)23-20(26-17)27-11-13-7-9-18(25-13)19(24)22-15-5-3-2-4-14(15)21/h2-10H,11H2,1H3,(H,22,24). The Hall–Kier alpha value is -3.06. The van der Waals surface area contributed by atoms with Crippen LogP contribution in [0.5, 0.6) is 0 Å². The molecule has 0 aliphatic rings. The van der Waals surface area contributed by atoms with Gasteiger partial charge in [0.05, 0.1) is 11.4 Å². The molecule has 0 aliphatic heterocycles. The van der Waals surface area contributed by atoms with E-state index in [9.17, 15) is 9.18 Å². The minimum atomic E-state index is -0.506. The van der Waals surface area contributed by atoms with Crippen molar-refractivity contribution in [1.29, 1.82) is 0 Å². The van der Waals surface area contributed by atoms with Crippen molar-refractivity contribution in [1.82, 2.24) is 4.98 Å². The molecule has 0 aliphatic carbocycles. The lowest BCUT2D eigenvalue weighted by atomic mass is 10.2. The zero-order valence-corrected chi connectivity index (χ0v) is 15.2. The van der Waals surface area contributed by atoms with Crippen LogP contribution in [0.2, 0.25) is 0 Å². The Kier molecular flexibility index (Phi) is 4.68. The molecule has 1 amide bonds. The molecular formula is C20H15FN2O3S. The third-order valence-corrected chi connectivity index (χ3v) is 4.72. The molecule has 2 heterocycles. The fourth-order valence-corrected chi connectivity index (χ4v) is 3.27. The van der Waals surface area contributed by atoms with Gasteiger partial charge >= 0.3 is 0 Å². The number of oxazole rings is 1. The van der Waals surface area contributed by atoms with Gasteiger partial charge in [0.2, 0.25) is 0 Å². The Morgan fingerprint density at radius 3 is 2.85 bits per heavy atom. The normalized spacial score (nSPS) is 11.0. The van der Waals surface area contributed by atoms with Crippen LogP contribution in [0.4, 0.5) is 10.1 Å². The molecule has 0 radical (unpaired) electrons. The predicted molar refractivity (Wildman–Crippen MR) is 101 cm³/mol. The molecule has 136 valence electrons. The van der Waals surface area contributed by atoms with E-state index >= 15 is 0 Å². The van der Waals surface area contributed by atoms with E-state index in [1.54, 1.807) is 24.3 Å². The van der Waals surface area contributed by atoms with Gasteiger partial charge in [0.25, 0.3) is 11.1 Å². The first kappa shape index (κ1) is 17.4. The van der Waals surface area contributed by atoms with Crippen LogP contribution in [0, 0.1) is 12.7 Å². The topological polar surface area (TPSA) is 68.3 Å². The number of anilines is 1. The maximum absolute atomic E-state index is 13.6. The molecule has 0 saturated heterocycles. The van der Waals surface area contributed by atoms with Gasteiger partial charge in [-0.1, -0.05) is 30.0 Å². The number of hydrogen-bond acceptors (Lipinski definition) is 5. The van der Waals surface area contributed by atoms with Gasteiger partial charge in [-0.05, 0) is 48.9 Å². The van der Waals surface area contributed by atoms with Crippen molar-refractivity contribution < 1.29 is 18.0 Å². The summed E-state index contributed by atoms with van der Waals surface area (Å²) in [6, 6.07) is 15.0. The molecule has 0 bridgehead atoms. The Balaban J connectivity index is 1.41. The number of aryl methyl sites for hydroxylation is 1. The maximum atomic E-state index is 13.6. The number of amides is 1. The minimum Gasteiger partial charge on any atom is -0.455 e. The highest BCUT2D eigenvalue weighted by Crippen LogP contribution is 2.27. The summed E-state index contributed by atoms with van der Waals surface area (Å²) in [4.78, 5) is 16.6. The highest BCUT2D eigenvalue weighted by atomic mass is 32.2. The minimum absolute atomic E-state index is 0.108. The van der Waals surface area contributed by atoms with Crippen molar-refractivity contribution in [3.8, 4) is 0 Å². The zero-order valence-electron chi connectivity index (χ0n) is 14.4. The Labute approximate surface area is 158 Å². The van der Waals surface area contributed by atoms with E-state index in [2.05, 4.69) is 10.3 Å². The number of thioether (sulfide) groups is 1. The summed E-state index contributed by atoms with van der Waals surface area (Å²) >= 11 is 1.37. The fourth-order valence-electron chi connectivity index (χ4n) is 2.53. The van der Waals surface area contributed by atoms with E-state index < -0.39 is 11.7 Å². The van der Waals surface area contributed by atoms with Crippen LogP contribution in [-0.4, -0.2) is 10.9 Å². The second-order valence-corrected chi connectivity index (χ2v) is 6.87. The molecule has 1 N–H and O–H groups in total. The molecule has 0 unspecified atom stereocenters. The third kappa shape index (κ3) is 3.88. The number of para-hydroxylation sites is 1. The monoisotopic (exact) mass is 382 g/mol. The van der Waals surface area contributed by atoms with Gasteiger partial charge in [0.15, 0.2) is 11.3 Å². The van der Waals surface area contributed by atoms with E-state index in [-0.39, 0.29) is 11.4 Å². The van der Waals surface area contributed by atoms with Crippen LogP contribution in [0.1, 0.15) is 21.9 Å². The molecule has 0 fully saturated rings. The van der Waals surface area contributed by atoms with Crippen molar-refractivity contribution in [2.75, 3.05) is 5.32 Å². The van der Waals surface area contributed by atoms with Gasteiger partial charge in [0.1, 0.15) is 17.1 Å². The van der Waals surface area contributed by atoms with Gasteiger partial charge < -0.3 is 14.2 Å². The molecular weight excluding hydrogens is 367 g/mol. The first-order valence-electron chi connectivity index (χ1n) is 8.23. The molecule has 7 heteroatoms. The van der Waals surface area contributed by atoms with Gasteiger partial charge in [0, 0.05) is 0 Å². The van der Waals surface area contributed by atoms with Crippen molar-refractivity contribution in [2.24, 2.45) is 0 Å². The lowest BCUT2D eigenvalue weighted by molar-refractivity contribution is 0.0995. The first-order valence-corrected chi connectivity index (χ1v) is 9.21. The fraction of sp³-hybridized carbons (Fsp3) is 0.100. The number of halogens is 1. The van der Waals surface area contributed by atoms with Crippen LogP contribution < -0.4 is 5.32 Å². The smallest absolute Gasteiger partial charge is 0.291 e. The summed E-state index contributed by atoms with van der Waals surface area (Å²) in [7, 11) is 0. The van der Waals surface area contributed by atoms with Gasteiger partial charge in [-0.15, -0.1) is 0 Å². The van der Waals surface area contributed by atoms with E-state index in [0.717, 1.165) is 16.7 Å². The van der Waals surface area contributed by atoms with Crippen molar-refractivity contribution >= 4 is 34.5 Å². The summed E-state index contributed by atoms with van der Waals surface area (Å²) in [5.74, 6) is 0.158. The van der Waals surface area contributed by atoms with E-state index in [0.29, 0.717) is 16.7 Å². The summed E-state index contributed by atoms with van der Waals surface area (Å²) in [6.45, 7) is 2.00. The molecule has 5 nitrogen and oxygen atoms in total. The van der Waals surface area contributed by atoms with Crippen LogP contribution >= 0.6 is 11.8 Å². The first-order chi connectivity index (χ1) is 13.1. The summed E-state index contributed by atoms with van der Waals surface area (Å²) in [5, 5.41) is 3.02. The molecule has 0 atom stereocenters. The third-order valence-electron chi connectivity index (χ3n) is 3.87. The number of carbonyl (C=O) groups is 1. The SMILES string of the molecule is Cc1ccc2oc(SCc3ccc(C(=O)Nc4ccccc4F)o3)nc2c1. The quantitative estimate of drug-likeness (QED) is 0.467. The van der Waals surface area contributed by atoms with Crippen molar-refractivity contribution in [2.45, 2.75) is 17.9 Å². The van der Waals surface area contributed by atoms with Crippen LogP contribution in [0.15, 0.2) is 68.7 Å². The number of benzene rings is 2. The molecule has 2 aromatic heterocycles. The van der Waals surface area contributed by atoms with Crippen LogP contribution in [0.3, 0.4) is 0 Å². The number of nitrogens with one attached hydrogen (secondary N) is 1. The van der Waals surface area contributed by atoms with E-state index in [1.165, 1.54) is 23.9 Å². The average Bonchev–Trinajstić information content (AvgIpc) is 3.28. The lowest BCUT2D eigenvalue weighted by Crippen LogP contribution is -2.11.